The zero-order valence-corrected chi connectivity index (χ0v) is 17.0. The van der Waals surface area contributed by atoms with Gasteiger partial charge in [-0.2, -0.15) is 5.10 Å². The summed E-state index contributed by atoms with van der Waals surface area (Å²) < 4.78 is 27.1. The number of hydrogen-bond donors (Lipinski definition) is 1. The molecule has 0 unspecified atom stereocenters. The van der Waals surface area contributed by atoms with Crippen LogP contribution in [0.4, 0.5) is 11.5 Å². The zero-order chi connectivity index (χ0) is 20.4. The number of carbonyl (C=O) groups excluding carboxylic acids is 1. The molecule has 0 bridgehead atoms. The van der Waals surface area contributed by atoms with Crippen molar-refractivity contribution in [1.82, 2.24) is 9.78 Å². The Hall–Kier alpha value is -2.84. The molecule has 1 aromatic heterocycles. The van der Waals surface area contributed by atoms with Gasteiger partial charge in [-0.25, -0.2) is 13.1 Å². The van der Waals surface area contributed by atoms with Crippen LogP contribution in [0.2, 0.25) is 5.02 Å². The maximum absolute atomic E-state index is 12.6. The van der Waals surface area contributed by atoms with Gasteiger partial charge in [0.05, 0.1) is 24.2 Å². The third-order valence-corrected chi connectivity index (χ3v) is 6.84. The lowest BCUT2D eigenvalue weighted by molar-refractivity contribution is 0.102. The van der Waals surface area contributed by atoms with E-state index in [4.69, 9.17) is 11.6 Å². The van der Waals surface area contributed by atoms with E-state index in [9.17, 15) is 13.2 Å². The number of nitrogens with one attached hydrogen (secondary N) is 1. The van der Waals surface area contributed by atoms with Crippen molar-refractivity contribution in [3.63, 3.8) is 0 Å². The number of amides is 1. The normalized spacial score (nSPS) is 15.4. The van der Waals surface area contributed by atoms with Gasteiger partial charge in [-0.05, 0) is 48.4 Å². The van der Waals surface area contributed by atoms with Crippen LogP contribution in [-0.2, 0) is 16.6 Å². The Morgan fingerprint density at radius 2 is 1.79 bits per heavy atom. The number of nitrogens with zero attached hydrogens (tertiary/aromatic N) is 3. The molecule has 1 amide bonds. The van der Waals surface area contributed by atoms with E-state index in [-0.39, 0.29) is 11.7 Å². The molecule has 1 aliphatic rings. The molecule has 4 rings (SSSR count). The molecule has 9 heteroatoms. The van der Waals surface area contributed by atoms with Crippen molar-refractivity contribution in [2.24, 2.45) is 0 Å². The van der Waals surface area contributed by atoms with Crippen LogP contribution in [-0.4, -0.2) is 36.4 Å². The predicted molar refractivity (Wildman–Crippen MR) is 113 cm³/mol. The minimum atomic E-state index is -3.24. The van der Waals surface area contributed by atoms with Gasteiger partial charge in [-0.15, -0.1) is 0 Å². The molecule has 2 aromatic carbocycles. The number of sulfonamides is 1. The van der Waals surface area contributed by atoms with Crippen LogP contribution in [0.3, 0.4) is 0 Å². The summed E-state index contributed by atoms with van der Waals surface area (Å²) in [5.74, 6) is 0.433. The standard InChI is InChI=1S/C20H19ClN4O3S/c21-17-6-2-15(3-7-17)14-24-19(10-11-22-24)23-20(26)16-4-8-18(9-5-16)25-12-1-13-29(25,27)28/h2-11H,1,12-14H2,(H,23,26). The first kappa shape index (κ1) is 19.5. The number of halogens is 1. The Bertz CT molecular complexity index is 1130. The summed E-state index contributed by atoms with van der Waals surface area (Å²) in [5.41, 5.74) is 2.01. The number of aromatic nitrogens is 2. The van der Waals surface area contributed by atoms with Gasteiger partial charge in [0.2, 0.25) is 10.0 Å². The fraction of sp³-hybridized carbons (Fsp3) is 0.200. The summed E-state index contributed by atoms with van der Waals surface area (Å²) in [6.45, 7) is 0.962. The molecule has 0 aliphatic carbocycles. The molecular formula is C20H19ClN4O3S. The highest BCUT2D eigenvalue weighted by molar-refractivity contribution is 7.93. The van der Waals surface area contributed by atoms with E-state index < -0.39 is 10.0 Å². The number of anilines is 2. The third-order valence-electron chi connectivity index (χ3n) is 4.72. The maximum atomic E-state index is 12.6. The summed E-state index contributed by atoms with van der Waals surface area (Å²) in [4.78, 5) is 12.6. The van der Waals surface area contributed by atoms with E-state index in [1.807, 2.05) is 12.1 Å². The van der Waals surface area contributed by atoms with Gasteiger partial charge >= 0.3 is 0 Å². The number of benzene rings is 2. The van der Waals surface area contributed by atoms with E-state index in [0.717, 1.165) is 5.56 Å². The van der Waals surface area contributed by atoms with E-state index in [1.165, 1.54) is 4.31 Å². The van der Waals surface area contributed by atoms with Crippen molar-refractivity contribution in [2.45, 2.75) is 13.0 Å². The third kappa shape index (κ3) is 4.28. The molecule has 1 N–H and O–H groups in total. The molecule has 1 fully saturated rings. The van der Waals surface area contributed by atoms with Crippen LogP contribution in [0.25, 0.3) is 0 Å². The topological polar surface area (TPSA) is 84.3 Å². The molecule has 0 saturated carbocycles. The van der Waals surface area contributed by atoms with Gasteiger partial charge in [0, 0.05) is 23.2 Å². The Balaban J connectivity index is 1.46. The van der Waals surface area contributed by atoms with Crippen LogP contribution in [0.5, 0.6) is 0 Å². The monoisotopic (exact) mass is 430 g/mol. The number of hydrogen-bond acceptors (Lipinski definition) is 4. The van der Waals surface area contributed by atoms with Gasteiger partial charge in [-0.1, -0.05) is 23.7 Å². The average Bonchev–Trinajstić information content (AvgIpc) is 3.29. The Morgan fingerprint density at radius 3 is 2.45 bits per heavy atom. The van der Waals surface area contributed by atoms with E-state index >= 15 is 0 Å². The van der Waals surface area contributed by atoms with Crippen molar-refractivity contribution in [3.8, 4) is 0 Å². The summed E-state index contributed by atoms with van der Waals surface area (Å²) in [6.07, 6.45) is 2.23. The van der Waals surface area contributed by atoms with Crippen LogP contribution in [0.15, 0.2) is 60.8 Å². The molecule has 2 heterocycles. The molecule has 7 nitrogen and oxygen atoms in total. The molecule has 150 valence electrons. The lowest BCUT2D eigenvalue weighted by Crippen LogP contribution is -2.25. The van der Waals surface area contributed by atoms with Gasteiger partial charge in [0.25, 0.3) is 5.91 Å². The number of rotatable bonds is 5. The van der Waals surface area contributed by atoms with Crippen LogP contribution >= 0.6 is 11.6 Å². The first-order chi connectivity index (χ1) is 13.9. The van der Waals surface area contributed by atoms with Crippen molar-refractivity contribution in [2.75, 3.05) is 21.9 Å². The van der Waals surface area contributed by atoms with Crippen LogP contribution in [0, 0.1) is 0 Å². The quantitative estimate of drug-likeness (QED) is 0.672. The van der Waals surface area contributed by atoms with E-state index in [0.29, 0.717) is 41.6 Å². The highest BCUT2D eigenvalue weighted by Crippen LogP contribution is 2.24. The van der Waals surface area contributed by atoms with Gasteiger partial charge in [-0.3, -0.25) is 9.10 Å². The van der Waals surface area contributed by atoms with E-state index in [2.05, 4.69) is 10.4 Å². The molecule has 29 heavy (non-hydrogen) atoms. The lowest BCUT2D eigenvalue weighted by Gasteiger charge is -2.17. The van der Waals surface area contributed by atoms with Crippen molar-refractivity contribution in [1.29, 1.82) is 0 Å². The molecule has 0 spiro atoms. The second kappa shape index (κ2) is 7.88. The SMILES string of the molecule is O=C(Nc1ccnn1Cc1ccc(Cl)cc1)c1ccc(N2CCCS2(=O)=O)cc1. The maximum Gasteiger partial charge on any atom is 0.256 e. The van der Waals surface area contributed by atoms with E-state index in [1.54, 1.807) is 53.3 Å². The second-order valence-corrected chi connectivity index (χ2v) is 9.19. The second-order valence-electron chi connectivity index (χ2n) is 6.74. The molecule has 1 aliphatic heterocycles. The molecule has 0 radical (unpaired) electrons. The predicted octanol–water partition coefficient (Wildman–Crippen LogP) is 3.38. The number of carbonyl (C=O) groups is 1. The van der Waals surface area contributed by atoms with Crippen molar-refractivity contribution in [3.05, 3.63) is 76.9 Å². The summed E-state index contributed by atoms with van der Waals surface area (Å²) >= 11 is 5.91. The first-order valence-electron chi connectivity index (χ1n) is 9.10. The minimum Gasteiger partial charge on any atom is -0.307 e. The van der Waals surface area contributed by atoms with Crippen molar-refractivity contribution < 1.29 is 13.2 Å². The fourth-order valence-electron chi connectivity index (χ4n) is 3.22. The molecule has 3 aromatic rings. The summed E-state index contributed by atoms with van der Waals surface area (Å²) in [6, 6.07) is 15.7. The fourth-order valence-corrected chi connectivity index (χ4v) is 4.92. The van der Waals surface area contributed by atoms with Crippen molar-refractivity contribution >= 4 is 39.0 Å². The summed E-state index contributed by atoms with van der Waals surface area (Å²) in [5, 5.41) is 7.77. The van der Waals surface area contributed by atoms with Gasteiger partial charge < -0.3 is 5.32 Å². The Morgan fingerprint density at radius 1 is 1.07 bits per heavy atom. The highest BCUT2D eigenvalue weighted by atomic mass is 35.5. The molecule has 0 atom stereocenters. The van der Waals surface area contributed by atoms with Gasteiger partial charge in [0.15, 0.2) is 0 Å². The largest absolute Gasteiger partial charge is 0.307 e. The zero-order valence-electron chi connectivity index (χ0n) is 15.5. The summed E-state index contributed by atoms with van der Waals surface area (Å²) in [7, 11) is -3.24. The molecule has 1 saturated heterocycles. The first-order valence-corrected chi connectivity index (χ1v) is 11.1. The van der Waals surface area contributed by atoms with Crippen LogP contribution in [0.1, 0.15) is 22.3 Å². The highest BCUT2D eigenvalue weighted by Gasteiger charge is 2.28. The van der Waals surface area contributed by atoms with Gasteiger partial charge in [0.1, 0.15) is 5.82 Å². The molecular weight excluding hydrogens is 412 g/mol. The smallest absolute Gasteiger partial charge is 0.256 e. The van der Waals surface area contributed by atoms with Crippen LogP contribution < -0.4 is 9.62 Å². The lowest BCUT2D eigenvalue weighted by atomic mass is 10.2. The average molecular weight is 431 g/mol. The minimum absolute atomic E-state index is 0.160. The Labute approximate surface area is 174 Å². The Kier molecular flexibility index (Phi) is 5.29.